The summed E-state index contributed by atoms with van der Waals surface area (Å²) in [6.45, 7) is 3.86. The van der Waals surface area contributed by atoms with Gasteiger partial charge >= 0.3 is 0 Å². The van der Waals surface area contributed by atoms with E-state index in [0.717, 1.165) is 59.4 Å². The molecule has 4 aromatic rings. The maximum absolute atomic E-state index is 6.78. The van der Waals surface area contributed by atoms with Crippen LogP contribution in [0.2, 0.25) is 5.02 Å². The molecule has 4 heterocycles. The molecular weight excluding hydrogens is 466 g/mol. The van der Waals surface area contributed by atoms with E-state index < -0.39 is 0 Å². The van der Waals surface area contributed by atoms with E-state index in [1.54, 1.807) is 6.20 Å². The van der Waals surface area contributed by atoms with E-state index in [1.807, 2.05) is 25.4 Å². The number of pyridine rings is 1. The minimum absolute atomic E-state index is 0.102. The Morgan fingerprint density at radius 2 is 1.91 bits per heavy atom. The minimum atomic E-state index is 0.102. The zero-order chi connectivity index (χ0) is 23.4. The Bertz CT molecular complexity index is 1390. The van der Waals surface area contributed by atoms with Crippen molar-refractivity contribution in [2.24, 2.45) is 11.1 Å². The Morgan fingerprint density at radius 3 is 2.71 bits per heavy atom. The van der Waals surface area contributed by atoms with Crippen molar-refractivity contribution in [3.8, 4) is 0 Å². The molecule has 0 radical (unpaired) electrons. The molecule has 7 nitrogen and oxygen atoms in total. The summed E-state index contributed by atoms with van der Waals surface area (Å²) in [4.78, 5) is 17.9. The van der Waals surface area contributed by atoms with Crippen LogP contribution in [0.1, 0.15) is 35.7 Å². The van der Waals surface area contributed by atoms with Crippen molar-refractivity contribution >= 4 is 40.8 Å². The summed E-state index contributed by atoms with van der Waals surface area (Å²) < 4.78 is 2.08. The number of aromatic nitrogens is 4. The van der Waals surface area contributed by atoms with Crippen LogP contribution in [-0.4, -0.2) is 32.4 Å². The number of fused-ring (bicyclic) bond motifs is 2. The number of nitrogens with zero attached hydrogens (tertiary/aromatic N) is 5. The molecule has 1 aliphatic heterocycles. The molecule has 1 saturated heterocycles. The maximum atomic E-state index is 6.78. The Hall–Kier alpha value is -2.81. The molecule has 1 fully saturated rings. The first-order valence-corrected chi connectivity index (χ1v) is 12.7. The number of hydrogen-bond acceptors (Lipinski definition) is 7. The molecule has 1 aliphatic carbocycles. The Labute approximate surface area is 207 Å². The summed E-state index contributed by atoms with van der Waals surface area (Å²) in [6, 6.07) is 10.6. The fourth-order valence-electron chi connectivity index (χ4n) is 5.48. The van der Waals surface area contributed by atoms with E-state index in [1.165, 1.54) is 22.9 Å². The highest BCUT2D eigenvalue weighted by atomic mass is 35.5. The number of rotatable bonds is 3. The summed E-state index contributed by atoms with van der Waals surface area (Å²) in [5.41, 5.74) is 17.3. The predicted octanol–water partition coefficient (Wildman–Crippen LogP) is 4.66. The van der Waals surface area contributed by atoms with Gasteiger partial charge in [-0.2, -0.15) is 0 Å². The van der Waals surface area contributed by atoms with Gasteiger partial charge in [-0.1, -0.05) is 47.6 Å². The molecule has 0 amide bonds. The van der Waals surface area contributed by atoms with Crippen molar-refractivity contribution in [3.05, 3.63) is 70.8 Å². The van der Waals surface area contributed by atoms with Crippen LogP contribution in [0.15, 0.2) is 58.7 Å². The minimum Gasteiger partial charge on any atom is -0.382 e. The van der Waals surface area contributed by atoms with E-state index in [4.69, 9.17) is 28.1 Å². The van der Waals surface area contributed by atoms with Crippen molar-refractivity contribution in [3.63, 3.8) is 0 Å². The fraction of sp³-hybridized carbons (Fsp3) is 0.320. The SMILES string of the molecule is Cc1nc(N2CCC3(CC2)Cc2ccccc2C3N)n2ccnc2c1Sc1ccnc(N)c1Cl. The predicted molar refractivity (Wildman–Crippen MR) is 136 cm³/mol. The van der Waals surface area contributed by atoms with Gasteiger partial charge in [0.1, 0.15) is 5.82 Å². The second-order valence-electron chi connectivity index (χ2n) is 9.26. The van der Waals surface area contributed by atoms with Gasteiger partial charge < -0.3 is 16.4 Å². The zero-order valence-corrected chi connectivity index (χ0v) is 20.5. The standard InChI is InChI=1S/C25H26ClN7S/c1-15-20(34-18-6-9-29-22(28)19(18)26)23-30-10-13-33(23)24(31-15)32-11-7-25(8-12-32)14-16-4-2-3-5-17(16)21(25)27/h2-6,9-10,13,21H,7-8,11-12,14,27H2,1H3,(H2,28,29). The molecule has 9 heteroatoms. The second-order valence-corrected chi connectivity index (χ2v) is 10.7. The number of nitrogens with two attached hydrogens (primary N) is 2. The van der Waals surface area contributed by atoms with E-state index in [2.05, 4.69) is 43.5 Å². The third-order valence-electron chi connectivity index (χ3n) is 7.38. The van der Waals surface area contributed by atoms with Gasteiger partial charge in [0.05, 0.1) is 15.6 Å². The molecule has 1 atom stereocenters. The highest BCUT2D eigenvalue weighted by Crippen LogP contribution is 2.51. The van der Waals surface area contributed by atoms with Crippen molar-refractivity contribution in [1.82, 2.24) is 19.4 Å². The highest BCUT2D eigenvalue weighted by molar-refractivity contribution is 7.99. The first-order chi connectivity index (χ1) is 16.5. The summed E-state index contributed by atoms with van der Waals surface area (Å²) in [6.07, 6.45) is 8.62. The van der Waals surface area contributed by atoms with Crippen molar-refractivity contribution < 1.29 is 0 Å². The summed E-state index contributed by atoms with van der Waals surface area (Å²) >= 11 is 7.92. The molecule has 2 aliphatic rings. The van der Waals surface area contributed by atoms with Gasteiger partial charge in [0.2, 0.25) is 5.95 Å². The number of halogens is 1. The Balaban J connectivity index is 1.29. The third kappa shape index (κ3) is 3.35. The molecule has 0 saturated carbocycles. The second kappa shape index (κ2) is 8.15. The van der Waals surface area contributed by atoms with Crippen molar-refractivity contribution in [2.45, 2.75) is 42.0 Å². The Kier molecular flexibility index (Phi) is 5.20. The molecule has 174 valence electrons. The van der Waals surface area contributed by atoms with E-state index in [-0.39, 0.29) is 11.5 Å². The molecule has 34 heavy (non-hydrogen) atoms. The van der Waals surface area contributed by atoms with Gasteiger partial charge in [0.15, 0.2) is 5.65 Å². The van der Waals surface area contributed by atoms with Gasteiger partial charge in [0, 0.05) is 42.6 Å². The molecular formula is C25H26ClN7S. The lowest BCUT2D eigenvalue weighted by molar-refractivity contribution is 0.186. The lowest BCUT2D eigenvalue weighted by Crippen LogP contribution is -2.45. The van der Waals surface area contributed by atoms with Crippen LogP contribution in [0, 0.1) is 12.3 Å². The molecule has 0 bridgehead atoms. The fourth-order valence-corrected chi connectivity index (χ4v) is 6.69. The van der Waals surface area contributed by atoms with Crippen LogP contribution in [0.4, 0.5) is 11.8 Å². The van der Waals surface area contributed by atoms with Crippen LogP contribution in [-0.2, 0) is 6.42 Å². The number of imidazole rings is 1. The van der Waals surface area contributed by atoms with E-state index >= 15 is 0 Å². The lowest BCUT2D eigenvalue weighted by atomic mass is 9.73. The van der Waals surface area contributed by atoms with Gasteiger partial charge in [-0.05, 0) is 48.8 Å². The number of aryl methyl sites for hydroxylation is 1. The molecule has 4 N–H and O–H groups in total. The Morgan fingerprint density at radius 1 is 1.12 bits per heavy atom. The van der Waals surface area contributed by atoms with E-state index in [0.29, 0.717) is 10.8 Å². The summed E-state index contributed by atoms with van der Waals surface area (Å²) in [5, 5.41) is 0.455. The molecule has 6 rings (SSSR count). The van der Waals surface area contributed by atoms with Gasteiger partial charge in [-0.15, -0.1) is 0 Å². The van der Waals surface area contributed by atoms with Crippen molar-refractivity contribution in [1.29, 1.82) is 0 Å². The zero-order valence-electron chi connectivity index (χ0n) is 18.9. The first kappa shape index (κ1) is 21.7. The van der Waals surface area contributed by atoms with Crippen LogP contribution in [0.3, 0.4) is 0 Å². The number of anilines is 2. The number of benzene rings is 1. The van der Waals surface area contributed by atoms with Crippen LogP contribution in [0.5, 0.6) is 0 Å². The topological polar surface area (TPSA) is 98.4 Å². The van der Waals surface area contributed by atoms with Gasteiger partial charge in [-0.25, -0.2) is 15.0 Å². The third-order valence-corrected chi connectivity index (χ3v) is 9.13. The quantitative estimate of drug-likeness (QED) is 0.430. The van der Waals surface area contributed by atoms with Crippen molar-refractivity contribution in [2.75, 3.05) is 23.7 Å². The molecule has 3 aromatic heterocycles. The maximum Gasteiger partial charge on any atom is 0.211 e. The number of nitrogen functional groups attached to an aromatic ring is 1. The van der Waals surface area contributed by atoms with Gasteiger partial charge in [-0.3, -0.25) is 4.40 Å². The smallest absolute Gasteiger partial charge is 0.211 e. The van der Waals surface area contributed by atoms with E-state index in [9.17, 15) is 0 Å². The number of hydrogen-bond donors (Lipinski definition) is 2. The lowest BCUT2D eigenvalue weighted by Gasteiger charge is -2.42. The monoisotopic (exact) mass is 491 g/mol. The van der Waals surface area contributed by atoms with Crippen LogP contribution >= 0.6 is 23.4 Å². The van der Waals surface area contributed by atoms with Crippen LogP contribution < -0.4 is 16.4 Å². The first-order valence-electron chi connectivity index (χ1n) is 11.5. The molecule has 1 spiro atoms. The van der Waals surface area contributed by atoms with Crippen LogP contribution in [0.25, 0.3) is 5.65 Å². The van der Waals surface area contributed by atoms with Gasteiger partial charge in [0.25, 0.3) is 0 Å². The molecule has 1 unspecified atom stereocenters. The largest absolute Gasteiger partial charge is 0.382 e. The number of piperidine rings is 1. The molecule has 1 aromatic carbocycles. The normalized spacial score (nSPS) is 19.1. The average molecular weight is 492 g/mol. The highest BCUT2D eigenvalue weighted by Gasteiger charge is 2.46. The average Bonchev–Trinajstić information content (AvgIpc) is 3.43. The summed E-state index contributed by atoms with van der Waals surface area (Å²) in [7, 11) is 0. The summed E-state index contributed by atoms with van der Waals surface area (Å²) in [5.74, 6) is 1.25.